The average molecular weight is 347 g/mol. The molecule has 0 unspecified atom stereocenters. The Morgan fingerprint density at radius 2 is 2.22 bits per heavy atom. The molecule has 0 saturated heterocycles. The van der Waals surface area contributed by atoms with Gasteiger partial charge in [0.15, 0.2) is 0 Å². The third kappa shape index (κ3) is 2.85. The number of methoxy groups -OCH3 is 1. The zero-order valence-electron chi connectivity index (χ0n) is 9.37. The Labute approximate surface area is 122 Å². The lowest BCUT2D eigenvalue weighted by atomic mass is 10.3. The number of anilines is 1. The number of thiophene rings is 1. The van der Waals surface area contributed by atoms with Gasteiger partial charge < -0.3 is 10.1 Å². The molecule has 6 heteroatoms. The standard InChI is InChI=1S/C12H9BrClNO2S/c1-17-10-4-5-18-11(10)12(16)15-7-2-3-9(14)8(13)6-7/h2-6H,1H3,(H,15,16). The van der Waals surface area contributed by atoms with E-state index >= 15 is 0 Å². The summed E-state index contributed by atoms with van der Waals surface area (Å²) in [6.45, 7) is 0. The Hall–Kier alpha value is -1.04. The lowest BCUT2D eigenvalue weighted by molar-refractivity contribution is 0.102. The number of benzene rings is 1. The number of hydrogen-bond acceptors (Lipinski definition) is 3. The minimum Gasteiger partial charge on any atom is -0.495 e. The first-order chi connectivity index (χ1) is 8.61. The first kappa shape index (κ1) is 13.4. The van der Waals surface area contributed by atoms with Gasteiger partial charge in [-0.2, -0.15) is 0 Å². The monoisotopic (exact) mass is 345 g/mol. The largest absolute Gasteiger partial charge is 0.495 e. The van der Waals surface area contributed by atoms with Crippen LogP contribution in [0.25, 0.3) is 0 Å². The maximum Gasteiger partial charge on any atom is 0.269 e. The van der Waals surface area contributed by atoms with Crippen molar-refractivity contribution in [2.24, 2.45) is 0 Å². The van der Waals surface area contributed by atoms with Crippen molar-refractivity contribution in [3.8, 4) is 5.75 Å². The molecule has 1 amide bonds. The number of nitrogens with one attached hydrogen (secondary N) is 1. The van der Waals surface area contributed by atoms with Gasteiger partial charge in [-0.15, -0.1) is 11.3 Å². The molecule has 3 nitrogen and oxygen atoms in total. The molecule has 94 valence electrons. The molecule has 0 aliphatic rings. The summed E-state index contributed by atoms with van der Waals surface area (Å²) in [7, 11) is 1.54. The first-order valence-corrected chi connectivity index (χ1v) is 7.04. The van der Waals surface area contributed by atoms with E-state index in [0.717, 1.165) is 4.47 Å². The van der Waals surface area contributed by atoms with Crippen LogP contribution in [-0.4, -0.2) is 13.0 Å². The van der Waals surface area contributed by atoms with E-state index in [0.29, 0.717) is 21.3 Å². The van der Waals surface area contributed by atoms with Crippen molar-refractivity contribution < 1.29 is 9.53 Å². The summed E-state index contributed by atoms with van der Waals surface area (Å²) in [6.07, 6.45) is 0. The van der Waals surface area contributed by atoms with Crippen molar-refractivity contribution in [2.75, 3.05) is 12.4 Å². The molecule has 0 spiro atoms. The predicted octanol–water partition coefficient (Wildman–Crippen LogP) is 4.42. The highest BCUT2D eigenvalue weighted by Gasteiger charge is 2.14. The molecule has 2 rings (SSSR count). The number of carbonyl (C=O) groups is 1. The van der Waals surface area contributed by atoms with Crippen molar-refractivity contribution in [3.05, 3.63) is 44.0 Å². The van der Waals surface area contributed by atoms with Gasteiger partial charge >= 0.3 is 0 Å². The van der Waals surface area contributed by atoms with Crippen LogP contribution < -0.4 is 10.1 Å². The highest BCUT2D eigenvalue weighted by atomic mass is 79.9. The van der Waals surface area contributed by atoms with Crippen LogP contribution in [0.4, 0.5) is 5.69 Å². The Balaban J connectivity index is 2.19. The van der Waals surface area contributed by atoms with Crippen molar-refractivity contribution in [1.82, 2.24) is 0 Å². The fourth-order valence-electron chi connectivity index (χ4n) is 1.39. The van der Waals surface area contributed by atoms with Gasteiger partial charge in [0.05, 0.1) is 12.1 Å². The molecule has 18 heavy (non-hydrogen) atoms. The lowest BCUT2D eigenvalue weighted by Crippen LogP contribution is -2.11. The molecule has 1 aromatic heterocycles. The van der Waals surface area contributed by atoms with E-state index in [1.165, 1.54) is 18.4 Å². The Morgan fingerprint density at radius 3 is 2.89 bits per heavy atom. The van der Waals surface area contributed by atoms with Gasteiger partial charge in [-0.05, 0) is 45.6 Å². The second-order valence-electron chi connectivity index (χ2n) is 3.40. The zero-order chi connectivity index (χ0) is 13.1. The third-order valence-electron chi connectivity index (χ3n) is 2.23. The van der Waals surface area contributed by atoms with Gasteiger partial charge in [0.25, 0.3) is 5.91 Å². The molecule has 1 aromatic carbocycles. The SMILES string of the molecule is COc1ccsc1C(=O)Nc1ccc(Cl)c(Br)c1. The van der Waals surface area contributed by atoms with Gasteiger partial charge in [-0.1, -0.05) is 11.6 Å². The number of carbonyl (C=O) groups excluding carboxylic acids is 1. The van der Waals surface area contributed by atoms with Gasteiger partial charge in [0, 0.05) is 10.2 Å². The Morgan fingerprint density at radius 1 is 1.44 bits per heavy atom. The van der Waals surface area contributed by atoms with E-state index in [9.17, 15) is 4.79 Å². The zero-order valence-corrected chi connectivity index (χ0v) is 12.5. The summed E-state index contributed by atoms with van der Waals surface area (Å²) >= 11 is 10.5. The predicted molar refractivity (Wildman–Crippen MR) is 78.0 cm³/mol. The number of halogens is 2. The van der Waals surface area contributed by atoms with E-state index in [2.05, 4.69) is 21.2 Å². The number of rotatable bonds is 3. The van der Waals surface area contributed by atoms with Crippen LogP contribution in [0.1, 0.15) is 9.67 Å². The van der Waals surface area contributed by atoms with E-state index in [1.54, 1.807) is 24.3 Å². The number of ether oxygens (including phenoxy) is 1. The van der Waals surface area contributed by atoms with Crippen LogP contribution in [0.15, 0.2) is 34.1 Å². The van der Waals surface area contributed by atoms with Gasteiger partial charge in [-0.25, -0.2) is 0 Å². The fraction of sp³-hybridized carbons (Fsp3) is 0.0833. The lowest BCUT2D eigenvalue weighted by Gasteiger charge is -2.06. The quantitative estimate of drug-likeness (QED) is 0.893. The smallest absolute Gasteiger partial charge is 0.269 e. The normalized spacial score (nSPS) is 10.2. The van der Waals surface area contributed by atoms with Crippen molar-refractivity contribution >= 4 is 50.5 Å². The minimum absolute atomic E-state index is 0.198. The van der Waals surface area contributed by atoms with Gasteiger partial charge in [-0.3, -0.25) is 4.79 Å². The molecule has 0 fully saturated rings. The van der Waals surface area contributed by atoms with E-state index < -0.39 is 0 Å². The summed E-state index contributed by atoms with van der Waals surface area (Å²) in [4.78, 5) is 12.6. The van der Waals surface area contributed by atoms with Crippen LogP contribution in [0.5, 0.6) is 5.75 Å². The maximum absolute atomic E-state index is 12.0. The molecule has 0 saturated carbocycles. The molecular formula is C12H9BrClNO2S. The third-order valence-corrected chi connectivity index (χ3v) is 4.34. The van der Waals surface area contributed by atoms with Crippen LogP contribution in [0, 0.1) is 0 Å². The average Bonchev–Trinajstić information content (AvgIpc) is 2.82. The fourth-order valence-corrected chi connectivity index (χ4v) is 2.64. The molecule has 0 atom stereocenters. The van der Waals surface area contributed by atoms with Crippen LogP contribution in [0.3, 0.4) is 0 Å². The van der Waals surface area contributed by atoms with Gasteiger partial charge in [0.2, 0.25) is 0 Å². The maximum atomic E-state index is 12.0. The topological polar surface area (TPSA) is 38.3 Å². The van der Waals surface area contributed by atoms with Crippen LogP contribution in [0.2, 0.25) is 5.02 Å². The van der Waals surface area contributed by atoms with Crippen molar-refractivity contribution in [3.63, 3.8) is 0 Å². The van der Waals surface area contributed by atoms with Crippen LogP contribution >= 0.6 is 38.9 Å². The molecule has 2 aromatic rings. The molecule has 0 aliphatic heterocycles. The van der Waals surface area contributed by atoms with Crippen molar-refractivity contribution in [2.45, 2.75) is 0 Å². The Bertz CT molecular complexity index is 585. The summed E-state index contributed by atoms with van der Waals surface area (Å²) in [5.41, 5.74) is 0.673. The van der Waals surface area contributed by atoms with Crippen LogP contribution in [-0.2, 0) is 0 Å². The van der Waals surface area contributed by atoms with E-state index in [4.69, 9.17) is 16.3 Å². The first-order valence-electron chi connectivity index (χ1n) is 4.99. The van der Waals surface area contributed by atoms with Crippen molar-refractivity contribution in [1.29, 1.82) is 0 Å². The molecule has 1 N–H and O–H groups in total. The molecule has 0 radical (unpaired) electrons. The number of hydrogen-bond donors (Lipinski definition) is 1. The summed E-state index contributed by atoms with van der Waals surface area (Å²) in [5.74, 6) is 0.376. The molecule has 1 heterocycles. The molecule has 0 bridgehead atoms. The summed E-state index contributed by atoms with van der Waals surface area (Å²) in [5, 5.41) is 5.20. The summed E-state index contributed by atoms with van der Waals surface area (Å²) < 4.78 is 5.84. The highest BCUT2D eigenvalue weighted by Crippen LogP contribution is 2.28. The van der Waals surface area contributed by atoms with Gasteiger partial charge in [0.1, 0.15) is 10.6 Å². The van der Waals surface area contributed by atoms with E-state index in [1.807, 2.05) is 5.38 Å². The minimum atomic E-state index is -0.198. The molecule has 0 aliphatic carbocycles. The van der Waals surface area contributed by atoms with E-state index in [-0.39, 0.29) is 5.91 Å². The molecular weight excluding hydrogens is 338 g/mol. The second-order valence-corrected chi connectivity index (χ2v) is 5.58. The Kier molecular flexibility index (Phi) is 4.27. The summed E-state index contributed by atoms with van der Waals surface area (Å²) in [6, 6.07) is 6.97. The highest BCUT2D eigenvalue weighted by molar-refractivity contribution is 9.10. The second kappa shape index (κ2) is 5.73. The number of amides is 1.